The lowest BCUT2D eigenvalue weighted by atomic mass is 10.1. The van der Waals surface area contributed by atoms with Gasteiger partial charge in [0.2, 0.25) is 0 Å². The lowest BCUT2D eigenvalue weighted by Gasteiger charge is -2.23. The Morgan fingerprint density at radius 1 is 1.39 bits per heavy atom. The van der Waals surface area contributed by atoms with Crippen LogP contribution in [0.15, 0.2) is 18.3 Å². The maximum Gasteiger partial charge on any atom is 0.0931 e. The van der Waals surface area contributed by atoms with Crippen LogP contribution < -0.4 is 4.90 Å². The predicted molar refractivity (Wildman–Crippen MR) is 73.7 cm³/mol. The molecular weight excluding hydrogens is 226 g/mol. The van der Waals surface area contributed by atoms with Crippen LogP contribution in [0.3, 0.4) is 0 Å². The molecule has 4 nitrogen and oxygen atoms in total. The SMILES string of the molecule is CC(O)c1ccc(N2CC(C)C(N(C)C)C2)cn1. The van der Waals surface area contributed by atoms with Crippen molar-refractivity contribution >= 4 is 5.69 Å². The first-order valence-corrected chi connectivity index (χ1v) is 6.54. The van der Waals surface area contributed by atoms with Crippen molar-refractivity contribution in [3.05, 3.63) is 24.0 Å². The zero-order valence-corrected chi connectivity index (χ0v) is 11.7. The lowest BCUT2D eigenvalue weighted by Crippen LogP contribution is -2.34. The van der Waals surface area contributed by atoms with Crippen molar-refractivity contribution in [2.75, 3.05) is 32.1 Å². The molecule has 3 unspecified atom stereocenters. The van der Waals surface area contributed by atoms with Gasteiger partial charge in [-0.1, -0.05) is 6.92 Å². The van der Waals surface area contributed by atoms with Gasteiger partial charge in [0.15, 0.2) is 0 Å². The summed E-state index contributed by atoms with van der Waals surface area (Å²) in [5.74, 6) is 0.663. The van der Waals surface area contributed by atoms with E-state index in [-0.39, 0.29) is 0 Å². The second-order valence-corrected chi connectivity index (χ2v) is 5.53. The molecule has 18 heavy (non-hydrogen) atoms. The number of anilines is 1. The maximum atomic E-state index is 9.45. The van der Waals surface area contributed by atoms with Gasteiger partial charge in [-0.25, -0.2) is 0 Å². The third-order valence-corrected chi connectivity index (χ3v) is 3.80. The van der Waals surface area contributed by atoms with E-state index in [1.54, 1.807) is 6.92 Å². The number of aromatic nitrogens is 1. The summed E-state index contributed by atoms with van der Waals surface area (Å²) < 4.78 is 0. The summed E-state index contributed by atoms with van der Waals surface area (Å²) in [6.45, 7) is 6.15. The third kappa shape index (κ3) is 2.65. The molecule has 1 fully saturated rings. The fourth-order valence-electron chi connectivity index (χ4n) is 2.66. The molecule has 0 radical (unpaired) electrons. The van der Waals surface area contributed by atoms with Gasteiger partial charge in [-0.05, 0) is 39.1 Å². The van der Waals surface area contributed by atoms with Gasteiger partial charge in [-0.2, -0.15) is 0 Å². The van der Waals surface area contributed by atoms with Gasteiger partial charge >= 0.3 is 0 Å². The molecule has 0 spiro atoms. The monoisotopic (exact) mass is 249 g/mol. The second kappa shape index (κ2) is 5.24. The minimum absolute atomic E-state index is 0.494. The molecule has 1 saturated heterocycles. The van der Waals surface area contributed by atoms with Gasteiger partial charge in [0.1, 0.15) is 0 Å². The Morgan fingerprint density at radius 2 is 2.11 bits per heavy atom. The van der Waals surface area contributed by atoms with Gasteiger partial charge < -0.3 is 14.9 Å². The van der Waals surface area contributed by atoms with E-state index in [9.17, 15) is 5.11 Å². The molecule has 2 rings (SSSR count). The van der Waals surface area contributed by atoms with Crippen LogP contribution in [0.1, 0.15) is 25.6 Å². The van der Waals surface area contributed by atoms with Crippen LogP contribution in [0.4, 0.5) is 5.69 Å². The molecule has 3 atom stereocenters. The van der Waals surface area contributed by atoms with Crippen LogP contribution in [-0.4, -0.2) is 48.2 Å². The van der Waals surface area contributed by atoms with E-state index in [1.807, 2.05) is 12.3 Å². The zero-order valence-electron chi connectivity index (χ0n) is 11.7. The first-order valence-electron chi connectivity index (χ1n) is 6.54. The average molecular weight is 249 g/mol. The number of aliphatic hydroxyl groups is 1. The smallest absolute Gasteiger partial charge is 0.0931 e. The number of nitrogens with zero attached hydrogens (tertiary/aromatic N) is 3. The highest BCUT2D eigenvalue weighted by Gasteiger charge is 2.31. The molecule has 0 amide bonds. The highest BCUT2D eigenvalue weighted by molar-refractivity contribution is 5.46. The molecule has 1 aromatic rings. The third-order valence-electron chi connectivity index (χ3n) is 3.80. The minimum atomic E-state index is -0.494. The predicted octanol–water partition coefficient (Wildman–Crippen LogP) is 1.52. The van der Waals surface area contributed by atoms with Crippen molar-refractivity contribution in [1.29, 1.82) is 0 Å². The molecule has 0 aliphatic carbocycles. The zero-order chi connectivity index (χ0) is 13.3. The molecule has 4 heteroatoms. The molecule has 0 saturated carbocycles. The Balaban J connectivity index is 2.09. The Kier molecular flexibility index (Phi) is 3.88. The Hall–Kier alpha value is -1.13. The van der Waals surface area contributed by atoms with E-state index in [4.69, 9.17) is 0 Å². The highest BCUT2D eigenvalue weighted by Crippen LogP contribution is 2.26. The van der Waals surface area contributed by atoms with Crippen LogP contribution in [-0.2, 0) is 0 Å². The van der Waals surface area contributed by atoms with E-state index in [1.165, 1.54) is 0 Å². The fourth-order valence-corrected chi connectivity index (χ4v) is 2.66. The number of aliphatic hydroxyl groups excluding tert-OH is 1. The number of likely N-dealkylation sites (N-methyl/N-ethyl adjacent to an activating group) is 1. The number of pyridine rings is 1. The van der Waals surface area contributed by atoms with E-state index >= 15 is 0 Å². The van der Waals surface area contributed by atoms with Crippen molar-refractivity contribution in [3.63, 3.8) is 0 Å². The van der Waals surface area contributed by atoms with Gasteiger partial charge in [-0.3, -0.25) is 4.98 Å². The molecule has 1 N–H and O–H groups in total. The van der Waals surface area contributed by atoms with Crippen LogP contribution in [0.5, 0.6) is 0 Å². The molecule has 0 aromatic carbocycles. The van der Waals surface area contributed by atoms with E-state index < -0.39 is 6.10 Å². The number of rotatable bonds is 3. The fraction of sp³-hybridized carbons (Fsp3) is 0.643. The van der Waals surface area contributed by atoms with E-state index in [0.717, 1.165) is 24.5 Å². The summed E-state index contributed by atoms with van der Waals surface area (Å²) in [4.78, 5) is 8.98. The number of hydrogen-bond donors (Lipinski definition) is 1. The van der Waals surface area contributed by atoms with Crippen molar-refractivity contribution in [1.82, 2.24) is 9.88 Å². The summed E-state index contributed by atoms with van der Waals surface area (Å²) in [7, 11) is 4.28. The summed E-state index contributed by atoms with van der Waals surface area (Å²) in [6, 6.07) is 4.56. The Morgan fingerprint density at radius 3 is 2.56 bits per heavy atom. The summed E-state index contributed by atoms with van der Waals surface area (Å²) in [6.07, 6.45) is 1.37. The largest absolute Gasteiger partial charge is 0.387 e. The number of hydrogen-bond acceptors (Lipinski definition) is 4. The van der Waals surface area contributed by atoms with Gasteiger partial charge in [0.05, 0.1) is 23.7 Å². The van der Waals surface area contributed by atoms with Gasteiger partial charge in [-0.15, -0.1) is 0 Å². The second-order valence-electron chi connectivity index (χ2n) is 5.53. The quantitative estimate of drug-likeness (QED) is 0.881. The Bertz CT molecular complexity index is 389. The minimum Gasteiger partial charge on any atom is -0.387 e. The summed E-state index contributed by atoms with van der Waals surface area (Å²) in [5.41, 5.74) is 1.88. The van der Waals surface area contributed by atoms with Crippen molar-refractivity contribution in [2.24, 2.45) is 5.92 Å². The van der Waals surface area contributed by atoms with Crippen LogP contribution in [0.25, 0.3) is 0 Å². The maximum absolute atomic E-state index is 9.45. The molecule has 1 aliphatic heterocycles. The first kappa shape index (κ1) is 13.3. The summed E-state index contributed by atoms with van der Waals surface area (Å²) in [5, 5.41) is 9.45. The normalized spacial score (nSPS) is 25.8. The van der Waals surface area contributed by atoms with Crippen LogP contribution >= 0.6 is 0 Å². The van der Waals surface area contributed by atoms with Crippen LogP contribution in [0, 0.1) is 5.92 Å². The molecule has 2 heterocycles. The topological polar surface area (TPSA) is 39.6 Å². The van der Waals surface area contributed by atoms with Crippen LogP contribution in [0.2, 0.25) is 0 Å². The molecule has 100 valence electrons. The van der Waals surface area contributed by atoms with Crippen molar-refractivity contribution < 1.29 is 5.11 Å². The molecule has 1 aliphatic rings. The van der Waals surface area contributed by atoms with Crippen molar-refractivity contribution in [3.8, 4) is 0 Å². The highest BCUT2D eigenvalue weighted by atomic mass is 16.3. The van der Waals surface area contributed by atoms with Gasteiger partial charge in [0, 0.05) is 19.1 Å². The summed E-state index contributed by atoms with van der Waals surface area (Å²) >= 11 is 0. The van der Waals surface area contributed by atoms with Crippen molar-refractivity contribution in [2.45, 2.75) is 26.0 Å². The molecule has 0 bridgehead atoms. The Labute approximate surface area is 109 Å². The lowest BCUT2D eigenvalue weighted by molar-refractivity contribution is 0.194. The van der Waals surface area contributed by atoms with Gasteiger partial charge in [0.25, 0.3) is 0 Å². The first-order chi connectivity index (χ1) is 8.49. The van der Waals surface area contributed by atoms with E-state index in [2.05, 4.69) is 41.9 Å². The molecule has 1 aromatic heterocycles. The molecular formula is C14H23N3O. The standard InChI is InChI=1S/C14H23N3O/c1-10-8-17(9-14(10)16(3)4)12-5-6-13(11(2)18)15-7-12/h5-7,10-11,14,18H,8-9H2,1-4H3. The van der Waals surface area contributed by atoms with E-state index in [0.29, 0.717) is 12.0 Å². The average Bonchev–Trinajstić information content (AvgIpc) is 2.71.